The van der Waals surface area contributed by atoms with E-state index in [-0.39, 0.29) is 18.6 Å². The maximum atomic E-state index is 5.76. The van der Waals surface area contributed by atoms with Crippen LogP contribution in [0.5, 0.6) is 0 Å². The van der Waals surface area contributed by atoms with Crippen LogP contribution in [-0.2, 0) is 7.05 Å². The third-order valence-electron chi connectivity index (χ3n) is 1.59. The van der Waals surface area contributed by atoms with Crippen molar-refractivity contribution in [3.05, 3.63) is 18.7 Å². The second-order valence-corrected chi connectivity index (χ2v) is 2.50. The van der Waals surface area contributed by atoms with Crippen molar-refractivity contribution in [1.82, 2.24) is 4.57 Å². The van der Waals surface area contributed by atoms with E-state index in [0.29, 0.717) is 0 Å². The maximum Gasteiger partial charge on any atom is 0.244 e. The summed E-state index contributed by atoms with van der Waals surface area (Å²) in [4.78, 5) is 0. The zero-order valence-electron chi connectivity index (χ0n) is 6.87. The number of halogens is 1. The van der Waals surface area contributed by atoms with Crippen molar-refractivity contribution >= 4 is 0 Å². The number of hydrogen-bond donors (Lipinski definition) is 1. The molecule has 3 nitrogen and oxygen atoms in total. The Hall–Kier alpha value is -0.540. The first kappa shape index (κ1) is 10.5. The van der Waals surface area contributed by atoms with Crippen LogP contribution in [0.1, 0.15) is 19.5 Å². The lowest BCUT2D eigenvalue weighted by Gasteiger charge is -2.01. The van der Waals surface area contributed by atoms with E-state index in [1.54, 1.807) is 0 Å². The highest BCUT2D eigenvalue weighted by Crippen LogP contribution is 1.99. The van der Waals surface area contributed by atoms with Crippen molar-refractivity contribution in [1.29, 1.82) is 0 Å². The largest absolute Gasteiger partial charge is 1.00 e. The topological polar surface area (TPSA) is 34.8 Å². The van der Waals surface area contributed by atoms with E-state index in [1.807, 2.05) is 34.9 Å². The predicted molar refractivity (Wildman–Crippen MR) is 39.1 cm³/mol. The second-order valence-electron chi connectivity index (χ2n) is 2.50. The van der Waals surface area contributed by atoms with Gasteiger partial charge in [-0.3, -0.25) is 5.73 Å². The monoisotopic (exact) mass is 175 g/mol. The zero-order valence-corrected chi connectivity index (χ0v) is 7.62. The fraction of sp³-hybridized carbons (Fsp3) is 0.571. The van der Waals surface area contributed by atoms with E-state index in [1.165, 1.54) is 0 Å². The predicted octanol–water partition coefficient (Wildman–Crippen LogP) is -2.82. The van der Waals surface area contributed by atoms with Crippen molar-refractivity contribution < 1.29 is 17.0 Å². The molecule has 1 aromatic rings. The van der Waals surface area contributed by atoms with Gasteiger partial charge in [-0.25, -0.2) is 9.13 Å². The van der Waals surface area contributed by atoms with Crippen molar-refractivity contribution in [3.63, 3.8) is 0 Å². The normalized spacial score (nSPS) is 12.3. The van der Waals surface area contributed by atoms with Crippen LogP contribution in [0.4, 0.5) is 0 Å². The summed E-state index contributed by atoms with van der Waals surface area (Å²) in [6.45, 7) is 2.07. The quantitative estimate of drug-likeness (QED) is 0.484. The minimum atomic E-state index is 0. The molecule has 0 aliphatic carbocycles. The summed E-state index contributed by atoms with van der Waals surface area (Å²) in [6, 6.07) is 0. The van der Waals surface area contributed by atoms with Gasteiger partial charge in [-0.15, -0.1) is 0 Å². The first-order valence-corrected chi connectivity index (χ1v) is 3.52. The Labute approximate surface area is 73.2 Å². The molecular weight excluding hydrogens is 162 g/mol. The molecule has 0 bridgehead atoms. The van der Waals surface area contributed by atoms with E-state index in [2.05, 4.69) is 6.92 Å². The van der Waals surface area contributed by atoms with Crippen LogP contribution in [-0.4, -0.2) is 4.57 Å². The lowest BCUT2D eigenvalue weighted by Crippen LogP contribution is -3.00. The number of nitrogens with zero attached hydrogens (tertiary/aromatic N) is 2. The number of rotatable bonds is 2. The first-order chi connectivity index (χ1) is 4.74. The van der Waals surface area contributed by atoms with Crippen molar-refractivity contribution in [2.24, 2.45) is 12.8 Å². The minimum absolute atomic E-state index is 0. The Balaban J connectivity index is 0.000001000. The van der Waals surface area contributed by atoms with Gasteiger partial charge in [-0.1, -0.05) is 6.92 Å². The Morgan fingerprint density at radius 1 is 1.64 bits per heavy atom. The standard InChI is InChI=1S/C7H14N3.ClH/c1-3-7(8)10-5-4-9(2)6-10;/h4-7H,3,8H2,1-2H3;1H/q+1;/p-1. The Morgan fingerprint density at radius 3 is 2.64 bits per heavy atom. The van der Waals surface area contributed by atoms with Crippen LogP contribution in [0.3, 0.4) is 0 Å². The Kier molecular flexibility index (Phi) is 4.15. The molecule has 0 spiro atoms. The zero-order chi connectivity index (χ0) is 7.56. The van der Waals surface area contributed by atoms with E-state index in [4.69, 9.17) is 5.73 Å². The summed E-state index contributed by atoms with van der Waals surface area (Å²) in [5.74, 6) is 0. The summed E-state index contributed by atoms with van der Waals surface area (Å²) in [6.07, 6.45) is 7.04. The number of nitrogens with two attached hydrogens (primary N) is 1. The maximum absolute atomic E-state index is 5.76. The third kappa shape index (κ3) is 2.52. The minimum Gasteiger partial charge on any atom is -1.00 e. The molecule has 1 atom stereocenters. The summed E-state index contributed by atoms with van der Waals surface area (Å²) >= 11 is 0. The van der Waals surface area contributed by atoms with Crippen LogP contribution in [0.15, 0.2) is 18.7 Å². The average molecular weight is 176 g/mol. The molecule has 0 amide bonds. The molecule has 4 heteroatoms. The van der Waals surface area contributed by atoms with E-state index < -0.39 is 0 Å². The summed E-state index contributed by atoms with van der Waals surface area (Å²) in [5, 5.41) is 0. The van der Waals surface area contributed by atoms with Gasteiger partial charge < -0.3 is 12.4 Å². The molecule has 0 saturated heterocycles. The third-order valence-corrected chi connectivity index (χ3v) is 1.59. The van der Waals surface area contributed by atoms with Gasteiger partial charge in [0.1, 0.15) is 18.6 Å². The highest BCUT2D eigenvalue weighted by atomic mass is 35.5. The van der Waals surface area contributed by atoms with Crippen molar-refractivity contribution in [3.8, 4) is 0 Å². The molecule has 1 aromatic heterocycles. The number of imidazole rings is 1. The molecule has 11 heavy (non-hydrogen) atoms. The van der Waals surface area contributed by atoms with Gasteiger partial charge in [0.15, 0.2) is 0 Å². The molecule has 1 unspecified atom stereocenters. The van der Waals surface area contributed by atoms with Gasteiger partial charge in [-0.05, 0) is 6.42 Å². The SMILES string of the molecule is CCC(N)n1cc[n+](C)c1.[Cl-]. The van der Waals surface area contributed by atoms with Crippen LogP contribution >= 0.6 is 0 Å². The molecule has 1 heterocycles. The molecule has 64 valence electrons. The fourth-order valence-electron chi connectivity index (χ4n) is 0.876. The Morgan fingerprint density at radius 2 is 2.27 bits per heavy atom. The lowest BCUT2D eigenvalue weighted by atomic mass is 10.4. The number of hydrogen-bond acceptors (Lipinski definition) is 1. The lowest BCUT2D eigenvalue weighted by molar-refractivity contribution is -0.671. The first-order valence-electron chi connectivity index (χ1n) is 3.52. The molecule has 1 rings (SSSR count). The highest BCUT2D eigenvalue weighted by molar-refractivity contribution is 4.70. The van der Waals surface area contributed by atoms with Gasteiger partial charge >= 0.3 is 0 Å². The molecule has 0 radical (unpaired) electrons. The Bertz CT molecular complexity index is 209. The fourth-order valence-corrected chi connectivity index (χ4v) is 0.876. The molecule has 0 aliphatic rings. The van der Waals surface area contributed by atoms with Gasteiger partial charge in [0, 0.05) is 0 Å². The van der Waals surface area contributed by atoms with Gasteiger partial charge in [0.2, 0.25) is 6.33 Å². The van der Waals surface area contributed by atoms with Gasteiger partial charge in [0.05, 0.1) is 7.05 Å². The smallest absolute Gasteiger partial charge is 0.244 e. The number of aromatic nitrogens is 2. The summed E-state index contributed by atoms with van der Waals surface area (Å²) < 4.78 is 3.98. The average Bonchev–Trinajstić information content (AvgIpc) is 2.34. The van der Waals surface area contributed by atoms with E-state index in [0.717, 1.165) is 6.42 Å². The van der Waals surface area contributed by atoms with Crippen molar-refractivity contribution in [2.75, 3.05) is 0 Å². The molecule has 2 N–H and O–H groups in total. The second kappa shape index (κ2) is 4.36. The van der Waals surface area contributed by atoms with E-state index >= 15 is 0 Å². The van der Waals surface area contributed by atoms with Gasteiger partial charge in [-0.2, -0.15) is 0 Å². The van der Waals surface area contributed by atoms with Crippen LogP contribution in [0.25, 0.3) is 0 Å². The summed E-state index contributed by atoms with van der Waals surface area (Å²) in [7, 11) is 1.98. The van der Waals surface area contributed by atoms with E-state index in [9.17, 15) is 0 Å². The van der Waals surface area contributed by atoms with Crippen molar-refractivity contribution in [2.45, 2.75) is 19.5 Å². The number of aryl methyl sites for hydroxylation is 1. The summed E-state index contributed by atoms with van der Waals surface area (Å²) in [5.41, 5.74) is 5.76. The highest BCUT2D eigenvalue weighted by Gasteiger charge is 2.06. The molecule has 0 aromatic carbocycles. The van der Waals surface area contributed by atoms with Crippen LogP contribution in [0.2, 0.25) is 0 Å². The molecule has 0 aliphatic heterocycles. The molecular formula is C7H14ClN3. The molecule has 0 fully saturated rings. The molecule has 0 saturated carbocycles. The van der Waals surface area contributed by atoms with Gasteiger partial charge in [0.25, 0.3) is 0 Å². The van der Waals surface area contributed by atoms with Crippen LogP contribution in [0, 0.1) is 0 Å². The van der Waals surface area contributed by atoms with Crippen LogP contribution < -0.4 is 22.7 Å².